The van der Waals surface area contributed by atoms with Crippen molar-refractivity contribution >= 4 is 5.97 Å². The predicted molar refractivity (Wildman–Crippen MR) is 70.9 cm³/mol. The Morgan fingerprint density at radius 2 is 2.40 bits per heavy atom. The smallest absolute Gasteiger partial charge is 0.305 e. The van der Waals surface area contributed by atoms with E-state index in [1.165, 1.54) is 0 Å². The Balaban J connectivity index is 1.91. The van der Waals surface area contributed by atoms with Gasteiger partial charge in [0.15, 0.2) is 0 Å². The predicted octanol–water partition coefficient (Wildman–Crippen LogP) is 1.54. The molecule has 0 radical (unpaired) electrons. The van der Waals surface area contributed by atoms with Crippen molar-refractivity contribution in [1.29, 1.82) is 0 Å². The summed E-state index contributed by atoms with van der Waals surface area (Å²) in [6.45, 7) is 3.14. The Morgan fingerprint density at radius 1 is 1.60 bits per heavy atom. The number of carboxylic acid groups (broad SMARTS) is 1. The molecule has 0 aliphatic rings. The van der Waals surface area contributed by atoms with Crippen molar-refractivity contribution in [3.05, 3.63) is 36.0 Å². The van der Waals surface area contributed by atoms with Gasteiger partial charge in [-0.05, 0) is 14.0 Å². The molecule has 7 nitrogen and oxygen atoms in total. The third kappa shape index (κ3) is 3.67. The maximum absolute atomic E-state index is 10.5. The van der Waals surface area contributed by atoms with E-state index in [1.807, 2.05) is 26.2 Å². The van der Waals surface area contributed by atoms with Crippen LogP contribution in [0.4, 0.5) is 0 Å². The molecule has 1 N–H and O–H groups in total. The highest BCUT2D eigenvalue weighted by Crippen LogP contribution is 2.18. The van der Waals surface area contributed by atoms with Crippen LogP contribution in [0, 0.1) is 0 Å². The summed E-state index contributed by atoms with van der Waals surface area (Å²) in [6, 6.07) is 1.98. The van der Waals surface area contributed by atoms with E-state index in [1.54, 1.807) is 17.1 Å². The lowest BCUT2D eigenvalue weighted by atomic mass is 10.2. The van der Waals surface area contributed by atoms with E-state index < -0.39 is 5.97 Å². The van der Waals surface area contributed by atoms with Crippen molar-refractivity contribution in [2.45, 2.75) is 32.5 Å². The van der Waals surface area contributed by atoms with Crippen LogP contribution >= 0.6 is 0 Å². The summed E-state index contributed by atoms with van der Waals surface area (Å²) >= 11 is 0. The van der Waals surface area contributed by atoms with Gasteiger partial charge in [-0.25, -0.2) is 0 Å². The molecule has 20 heavy (non-hydrogen) atoms. The van der Waals surface area contributed by atoms with Crippen molar-refractivity contribution < 1.29 is 14.4 Å². The van der Waals surface area contributed by atoms with Crippen molar-refractivity contribution in [3.63, 3.8) is 0 Å². The summed E-state index contributed by atoms with van der Waals surface area (Å²) in [5.41, 5.74) is 1.92. The van der Waals surface area contributed by atoms with Crippen LogP contribution in [0.2, 0.25) is 0 Å². The number of aromatic nitrogens is 3. The molecule has 2 heterocycles. The molecule has 0 spiro atoms. The van der Waals surface area contributed by atoms with E-state index in [-0.39, 0.29) is 12.5 Å². The summed E-state index contributed by atoms with van der Waals surface area (Å²) in [6.07, 6.45) is 5.26. The first kappa shape index (κ1) is 14.3. The highest BCUT2D eigenvalue weighted by molar-refractivity contribution is 5.66. The fraction of sp³-hybridized carbons (Fsp3) is 0.462. The second-order valence-corrected chi connectivity index (χ2v) is 4.77. The number of carboxylic acids is 1. The lowest BCUT2D eigenvalue weighted by Gasteiger charge is -2.21. The van der Waals surface area contributed by atoms with E-state index in [0.717, 1.165) is 11.3 Å². The average molecular weight is 278 g/mol. The summed E-state index contributed by atoms with van der Waals surface area (Å²) in [5.74, 6) is -0.821. The summed E-state index contributed by atoms with van der Waals surface area (Å²) in [5, 5.41) is 16.7. The second kappa shape index (κ2) is 6.33. The van der Waals surface area contributed by atoms with E-state index >= 15 is 0 Å². The standard InChI is InChI=1S/C13H18N4O3/c1-10(12-4-6-20-15-12)16(2)8-11-7-14-17(9-11)5-3-13(18)19/h4,6-7,9-10H,3,5,8H2,1-2H3,(H,18,19)/t10-/m0/s1. The monoisotopic (exact) mass is 278 g/mol. The first-order valence-corrected chi connectivity index (χ1v) is 6.40. The highest BCUT2D eigenvalue weighted by Gasteiger charge is 2.15. The molecule has 0 saturated carbocycles. The van der Waals surface area contributed by atoms with Gasteiger partial charge in [-0.1, -0.05) is 5.16 Å². The van der Waals surface area contributed by atoms with Crippen molar-refractivity contribution in [3.8, 4) is 0 Å². The summed E-state index contributed by atoms with van der Waals surface area (Å²) in [4.78, 5) is 12.6. The molecular formula is C13H18N4O3. The molecule has 2 rings (SSSR count). The minimum Gasteiger partial charge on any atom is -0.481 e. The molecule has 0 fully saturated rings. The normalized spacial score (nSPS) is 12.8. The van der Waals surface area contributed by atoms with Gasteiger partial charge in [-0.2, -0.15) is 5.10 Å². The summed E-state index contributed by atoms with van der Waals surface area (Å²) in [7, 11) is 1.99. The minimum absolute atomic E-state index is 0.0757. The van der Waals surface area contributed by atoms with Crippen LogP contribution in [-0.4, -0.2) is 38.0 Å². The van der Waals surface area contributed by atoms with Gasteiger partial charge < -0.3 is 9.63 Å². The number of hydrogen-bond donors (Lipinski definition) is 1. The third-order valence-electron chi connectivity index (χ3n) is 3.22. The fourth-order valence-electron chi connectivity index (χ4n) is 1.91. The molecule has 2 aromatic heterocycles. The molecule has 108 valence electrons. The first-order valence-electron chi connectivity index (χ1n) is 6.40. The zero-order valence-electron chi connectivity index (χ0n) is 11.6. The van der Waals surface area contributed by atoms with Crippen LogP contribution in [0.25, 0.3) is 0 Å². The molecule has 0 saturated heterocycles. The molecule has 0 aromatic carbocycles. The highest BCUT2D eigenvalue weighted by atomic mass is 16.5. The molecule has 0 aliphatic heterocycles. The Kier molecular flexibility index (Phi) is 4.52. The lowest BCUT2D eigenvalue weighted by molar-refractivity contribution is -0.137. The molecule has 0 bridgehead atoms. The Hall–Kier alpha value is -2.15. The zero-order chi connectivity index (χ0) is 14.5. The van der Waals surface area contributed by atoms with Gasteiger partial charge in [-0.3, -0.25) is 14.4 Å². The largest absolute Gasteiger partial charge is 0.481 e. The quantitative estimate of drug-likeness (QED) is 0.827. The van der Waals surface area contributed by atoms with Crippen LogP contribution < -0.4 is 0 Å². The lowest BCUT2D eigenvalue weighted by Crippen LogP contribution is -2.21. The van der Waals surface area contributed by atoms with Crippen LogP contribution in [0.1, 0.15) is 30.6 Å². The van der Waals surface area contributed by atoms with Crippen molar-refractivity contribution in [2.75, 3.05) is 7.05 Å². The number of hydrogen-bond acceptors (Lipinski definition) is 5. The maximum Gasteiger partial charge on any atom is 0.305 e. The molecule has 1 atom stereocenters. The Labute approximate surface area is 116 Å². The van der Waals surface area contributed by atoms with Gasteiger partial charge in [0, 0.05) is 24.4 Å². The van der Waals surface area contributed by atoms with Gasteiger partial charge >= 0.3 is 5.97 Å². The fourth-order valence-corrected chi connectivity index (χ4v) is 1.91. The van der Waals surface area contributed by atoms with E-state index in [9.17, 15) is 4.79 Å². The van der Waals surface area contributed by atoms with E-state index in [0.29, 0.717) is 13.1 Å². The zero-order valence-corrected chi connectivity index (χ0v) is 11.6. The van der Waals surface area contributed by atoms with Crippen LogP contribution in [0.15, 0.2) is 29.2 Å². The third-order valence-corrected chi connectivity index (χ3v) is 3.22. The maximum atomic E-state index is 10.5. The molecule has 0 amide bonds. The van der Waals surface area contributed by atoms with Crippen molar-refractivity contribution in [2.24, 2.45) is 0 Å². The number of rotatable bonds is 7. The van der Waals surface area contributed by atoms with Gasteiger partial charge in [0.2, 0.25) is 0 Å². The molecule has 2 aromatic rings. The molecular weight excluding hydrogens is 260 g/mol. The van der Waals surface area contributed by atoms with Gasteiger partial charge in [0.05, 0.1) is 25.2 Å². The topological polar surface area (TPSA) is 84.4 Å². The number of aliphatic carboxylic acids is 1. The number of aryl methyl sites for hydroxylation is 1. The van der Waals surface area contributed by atoms with Gasteiger partial charge in [0.25, 0.3) is 0 Å². The van der Waals surface area contributed by atoms with E-state index in [4.69, 9.17) is 9.63 Å². The Morgan fingerprint density at radius 3 is 3.05 bits per heavy atom. The Bertz CT molecular complexity index is 550. The molecule has 7 heteroatoms. The van der Waals surface area contributed by atoms with Crippen molar-refractivity contribution in [1.82, 2.24) is 19.8 Å². The van der Waals surface area contributed by atoms with Crippen LogP contribution in [0.3, 0.4) is 0 Å². The second-order valence-electron chi connectivity index (χ2n) is 4.77. The first-order chi connectivity index (χ1) is 9.56. The molecule has 0 aliphatic carbocycles. The van der Waals surface area contributed by atoms with Gasteiger partial charge in [-0.15, -0.1) is 0 Å². The number of nitrogens with zero attached hydrogens (tertiary/aromatic N) is 4. The molecule has 0 unspecified atom stereocenters. The number of carbonyl (C=O) groups is 1. The van der Waals surface area contributed by atoms with Crippen LogP contribution in [-0.2, 0) is 17.9 Å². The van der Waals surface area contributed by atoms with E-state index in [2.05, 4.69) is 15.2 Å². The van der Waals surface area contributed by atoms with Crippen LogP contribution in [0.5, 0.6) is 0 Å². The van der Waals surface area contributed by atoms with Gasteiger partial charge in [0.1, 0.15) is 12.0 Å². The SMILES string of the molecule is C[C@@H](c1ccon1)N(C)Cc1cnn(CCC(=O)O)c1. The summed E-state index contributed by atoms with van der Waals surface area (Å²) < 4.78 is 6.50. The minimum atomic E-state index is -0.821. The average Bonchev–Trinajstić information content (AvgIpc) is 3.06.